The monoisotopic (exact) mass is 284 g/mol. The number of unbranched alkanes of at least 4 members (excludes halogenated alkanes) is 7. The van der Waals surface area contributed by atoms with Crippen molar-refractivity contribution in [2.24, 2.45) is 0 Å². The Kier molecular flexibility index (Phi) is 14.8. The molecule has 0 fully saturated rings. The van der Waals surface area contributed by atoms with Gasteiger partial charge in [-0.15, -0.1) is 6.58 Å². The summed E-state index contributed by atoms with van der Waals surface area (Å²) in [6.07, 6.45) is 15.5. The first kappa shape index (κ1) is 19.7. The lowest BCUT2D eigenvalue weighted by Gasteiger charge is -2.14. The molecule has 0 spiro atoms. The van der Waals surface area contributed by atoms with Gasteiger partial charge in [0.1, 0.15) is 0 Å². The largest absolute Gasteiger partial charge is 0.393 e. The smallest absolute Gasteiger partial charge is 0.0541 e. The molecule has 0 aromatic carbocycles. The quantitative estimate of drug-likeness (QED) is 0.329. The van der Waals surface area contributed by atoms with Crippen LogP contribution < -0.4 is 0 Å². The first-order chi connectivity index (χ1) is 9.70. The summed E-state index contributed by atoms with van der Waals surface area (Å²) in [5.74, 6) is 0. The van der Waals surface area contributed by atoms with Gasteiger partial charge in [0.15, 0.2) is 0 Å². The zero-order valence-corrected chi connectivity index (χ0v) is 13.5. The number of hydrogen-bond acceptors (Lipinski definition) is 2. The van der Waals surface area contributed by atoms with Crippen molar-refractivity contribution in [3.8, 4) is 0 Å². The minimum absolute atomic E-state index is 0.214. The van der Waals surface area contributed by atoms with Gasteiger partial charge in [-0.05, 0) is 38.5 Å². The Labute approximate surface area is 126 Å². The molecule has 2 unspecified atom stereocenters. The molecule has 0 aromatic rings. The molecule has 2 atom stereocenters. The van der Waals surface area contributed by atoms with Crippen LogP contribution in [0.15, 0.2) is 12.7 Å². The van der Waals surface area contributed by atoms with Gasteiger partial charge in [-0.25, -0.2) is 0 Å². The van der Waals surface area contributed by atoms with Gasteiger partial charge in [-0.1, -0.05) is 57.9 Å². The van der Waals surface area contributed by atoms with Crippen LogP contribution in [0.3, 0.4) is 0 Å². The van der Waals surface area contributed by atoms with E-state index in [2.05, 4.69) is 13.5 Å². The Hall–Kier alpha value is -0.340. The van der Waals surface area contributed by atoms with E-state index in [1.807, 2.05) is 6.08 Å². The summed E-state index contributed by atoms with van der Waals surface area (Å²) >= 11 is 0. The molecule has 0 aromatic heterocycles. The molecule has 0 radical (unpaired) electrons. The molecule has 0 aliphatic carbocycles. The van der Waals surface area contributed by atoms with E-state index in [1.165, 1.54) is 38.5 Å². The number of hydrogen-bond donors (Lipinski definition) is 2. The second kappa shape index (κ2) is 15.1. The zero-order valence-electron chi connectivity index (χ0n) is 13.5. The summed E-state index contributed by atoms with van der Waals surface area (Å²) in [4.78, 5) is 0. The van der Waals surface area contributed by atoms with Crippen molar-refractivity contribution in [1.29, 1.82) is 0 Å². The SMILES string of the molecule is C=CCCCCCCC(O)CCC(O)CCCCCC. The summed E-state index contributed by atoms with van der Waals surface area (Å²) < 4.78 is 0. The van der Waals surface area contributed by atoms with Crippen molar-refractivity contribution < 1.29 is 10.2 Å². The molecule has 0 heterocycles. The Balaban J connectivity index is 3.33. The molecule has 0 rings (SSSR count). The van der Waals surface area contributed by atoms with Gasteiger partial charge < -0.3 is 10.2 Å². The number of allylic oxidation sites excluding steroid dienone is 1. The molecule has 0 aliphatic rings. The van der Waals surface area contributed by atoms with E-state index in [9.17, 15) is 10.2 Å². The lowest BCUT2D eigenvalue weighted by molar-refractivity contribution is 0.101. The molecule has 0 saturated carbocycles. The average molecular weight is 284 g/mol. The summed E-state index contributed by atoms with van der Waals surface area (Å²) in [6, 6.07) is 0. The Morgan fingerprint density at radius 2 is 1.25 bits per heavy atom. The Morgan fingerprint density at radius 1 is 0.750 bits per heavy atom. The average Bonchev–Trinajstić information content (AvgIpc) is 2.45. The fourth-order valence-corrected chi connectivity index (χ4v) is 2.50. The van der Waals surface area contributed by atoms with Crippen LogP contribution in [0.2, 0.25) is 0 Å². The molecule has 120 valence electrons. The number of aliphatic hydroxyl groups excluding tert-OH is 2. The molecular formula is C18H36O2. The van der Waals surface area contributed by atoms with Crippen molar-refractivity contribution in [1.82, 2.24) is 0 Å². The molecule has 2 nitrogen and oxygen atoms in total. The highest BCUT2D eigenvalue weighted by molar-refractivity contribution is 4.66. The maximum atomic E-state index is 9.88. The Morgan fingerprint density at radius 3 is 1.75 bits per heavy atom. The first-order valence-corrected chi connectivity index (χ1v) is 8.67. The highest BCUT2D eigenvalue weighted by Crippen LogP contribution is 2.14. The van der Waals surface area contributed by atoms with Gasteiger partial charge in [0.05, 0.1) is 12.2 Å². The number of rotatable bonds is 15. The lowest BCUT2D eigenvalue weighted by atomic mass is 10.0. The fraction of sp³-hybridized carbons (Fsp3) is 0.889. The second-order valence-corrected chi connectivity index (χ2v) is 6.01. The van der Waals surface area contributed by atoms with E-state index in [0.29, 0.717) is 0 Å². The van der Waals surface area contributed by atoms with Gasteiger partial charge >= 0.3 is 0 Å². The van der Waals surface area contributed by atoms with E-state index in [-0.39, 0.29) is 12.2 Å². The van der Waals surface area contributed by atoms with Crippen molar-refractivity contribution in [2.45, 2.75) is 103 Å². The predicted molar refractivity (Wildman–Crippen MR) is 87.9 cm³/mol. The minimum atomic E-state index is -0.223. The van der Waals surface area contributed by atoms with Gasteiger partial charge in [0.25, 0.3) is 0 Å². The highest BCUT2D eigenvalue weighted by Gasteiger charge is 2.09. The predicted octanol–water partition coefficient (Wildman–Crippen LogP) is 4.99. The fourth-order valence-electron chi connectivity index (χ4n) is 2.50. The van der Waals surface area contributed by atoms with E-state index in [0.717, 1.165) is 44.9 Å². The lowest BCUT2D eigenvalue weighted by Crippen LogP contribution is -2.13. The molecule has 0 amide bonds. The van der Waals surface area contributed by atoms with Gasteiger partial charge in [0.2, 0.25) is 0 Å². The minimum Gasteiger partial charge on any atom is -0.393 e. The summed E-state index contributed by atoms with van der Waals surface area (Å²) in [7, 11) is 0. The van der Waals surface area contributed by atoms with E-state index in [4.69, 9.17) is 0 Å². The summed E-state index contributed by atoms with van der Waals surface area (Å²) in [5.41, 5.74) is 0. The molecule has 2 N–H and O–H groups in total. The van der Waals surface area contributed by atoms with Crippen LogP contribution in [-0.4, -0.2) is 22.4 Å². The van der Waals surface area contributed by atoms with E-state index in [1.54, 1.807) is 0 Å². The molecule has 20 heavy (non-hydrogen) atoms. The van der Waals surface area contributed by atoms with Crippen LogP contribution in [0.5, 0.6) is 0 Å². The normalized spacial score (nSPS) is 14.2. The van der Waals surface area contributed by atoms with Crippen LogP contribution in [0.1, 0.15) is 90.4 Å². The molecule has 0 bridgehead atoms. The van der Waals surface area contributed by atoms with Crippen LogP contribution >= 0.6 is 0 Å². The standard InChI is InChI=1S/C18H36O2/c1-3-5-7-9-10-12-14-18(20)16-15-17(19)13-11-8-6-4-2/h3,17-20H,1,4-16H2,2H3. The third kappa shape index (κ3) is 14.1. The second-order valence-electron chi connectivity index (χ2n) is 6.01. The zero-order chi connectivity index (χ0) is 15.1. The first-order valence-electron chi connectivity index (χ1n) is 8.67. The maximum absolute atomic E-state index is 9.88. The maximum Gasteiger partial charge on any atom is 0.0541 e. The molecule has 0 aliphatic heterocycles. The van der Waals surface area contributed by atoms with Crippen LogP contribution in [-0.2, 0) is 0 Å². The topological polar surface area (TPSA) is 40.5 Å². The van der Waals surface area contributed by atoms with Crippen molar-refractivity contribution >= 4 is 0 Å². The third-order valence-electron chi connectivity index (χ3n) is 3.92. The van der Waals surface area contributed by atoms with Crippen LogP contribution in [0.4, 0.5) is 0 Å². The van der Waals surface area contributed by atoms with E-state index >= 15 is 0 Å². The Bertz CT molecular complexity index is 204. The number of aliphatic hydroxyl groups is 2. The van der Waals surface area contributed by atoms with Gasteiger partial charge in [0, 0.05) is 0 Å². The van der Waals surface area contributed by atoms with Crippen molar-refractivity contribution in [3.05, 3.63) is 12.7 Å². The molecule has 2 heteroatoms. The van der Waals surface area contributed by atoms with Crippen molar-refractivity contribution in [2.75, 3.05) is 0 Å². The summed E-state index contributed by atoms with van der Waals surface area (Å²) in [5, 5.41) is 19.7. The third-order valence-corrected chi connectivity index (χ3v) is 3.92. The molecule has 0 saturated heterocycles. The summed E-state index contributed by atoms with van der Waals surface area (Å²) in [6.45, 7) is 5.91. The van der Waals surface area contributed by atoms with Gasteiger partial charge in [-0.2, -0.15) is 0 Å². The van der Waals surface area contributed by atoms with Crippen molar-refractivity contribution in [3.63, 3.8) is 0 Å². The van der Waals surface area contributed by atoms with Crippen LogP contribution in [0.25, 0.3) is 0 Å². The highest BCUT2D eigenvalue weighted by atomic mass is 16.3. The van der Waals surface area contributed by atoms with E-state index < -0.39 is 0 Å². The van der Waals surface area contributed by atoms with Crippen LogP contribution in [0, 0.1) is 0 Å². The molecular weight excluding hydrogens is 248 g/mol. The van der Waals surface area contributed by atoms with Gasteiger partial charge in [-0.3, -0.25) is 0 Å².